The zero-order chi connectivity index (χ0) is 24.2. The van der Waals surface area contributed by atoms with Crippen LogP contribution in [0.15, 0.2) is 64.3 Å². The van der Waals surface area contributed by atoms with Crippen LogP contribution < -0.4 is 10.6 Å². The van der Waals surface area contributed by atoms with Crippen molar-refractivity contribution in [2.45, 2.75) is 51.0 Å². The van der Waals surface area contributed by atoms with Crippen LogP contribution >= 0.6 is 0 Å². The van der Waals surface area contributed by atoms with Crippen LogP contribution in [0.2, 0.25) is 0 Å². The van der Waals surface area contributed by atoms with Gasteiger partial charge in [0.25, 0.3) is 5.91 Å². The number of nitrogens with one attached hydrogen (secondary N) is 2. The molecule has 2 aliphatic rings. The Labute approximate surface area is 205 Å². The maximum absolute atomic E-state index is 13.0. The molecule has 1 atom stereocenters. The molecule has 7 nitrogen and oxygen atoms in total. The first-order valence-electron chi connectivity index (χ1n) is 12.3. The number of carbonyl (C=O) groups excluding carboxylic acids is 2. The molecular weight excluding hydrogens is 440 g/mol. The van der Waals surface area contributed by atoms with E-state index in [1.165, 1.54) is 12.0 Å². The van der Waals surface area contributed by atoms with Gasteiger partial charge in [0.05, 0.1) is 5.69 Å². The van der Waals surface area contributed by atoms with E-state index in [1.54, 1.807) is 31.6 Å². The summed E-state index contributed by atoms with van der Waals surface area (Å²) in [7, 11) is 1.61. The number of hydrogen-bond donors (Lipinski definition) is 2. The molecule has 1 fully saturated rings. The summed E-state index contributed by atoms with van der Waals surface area (Å²) in [6, 6.07) is 13.0. The van der Waals surface area contributed by atoms with Gasteiger partial charge in [-0.3, -0.25) is 19.6 Å². The van der Waals surface area contributed by atoms with E-state index in [1.807, 2.05) is 24.3 Å². The van der Waals surface area contributed by atoms with Crippen LogP contribution in [0.5, 0.6) is 0 Å². The molecule has 1 saturated carbocycles. The summed E-state index contributed by atoms with van der Waals surface area (Å²) in [4.78, 5) is 34.3. The van der Waals surface area contributed by atoms with Crippen LogP contribution in [0.25, 0.3) is 11.3 Å². The smallest absolute Gasteiger partial charge is 0.287 e. The van der Waals surface area contributed by atoms with Gasteiger partial charge < -0.3 is 15.1 Å². The first kappa shape index (κ1) is 23.0. The van der Waals surface area contributed by atoms with Gasteiger partial charge in [0.15, 0.2) is 5.76 Å². The molecule has 2 N–H and O–H groups in total. The van der Waals surface area contributed by atoms with Crippen LogP contribution in [-0.2, 0) is 17.6 Å². The van der Waals surface area contributed by atoms with E-state index in [0.29, 0.717) is 5.76 Å². The molecule has 0 spiro atoms. The van der Waals surface area contributed by atoms with Crippen molar-refractivity contribution in [3.63, 3.8) is 0 Å². The molecule has 2 amide bonds. The van der Waals surface area contributed by atoms with Crippen LogP contribution in [0.3, 0.4) is 0 Å². The molecule has 1 aromatic carbocycles. The van der Waals surface area contributed by atoms with E-state index in [0.717, 1.165) is 61.1 Å². The summed E-state index contributed by atoms with van der Waals surface area (Å²) in [5.41, 5.74) is 5.33. The number of pyridine rings is 1. The van der Waals surface area contributed by atoms with Crippen molar-refractivity contribution < 1.29 is 14.0 Å². The van der Waals surface area contributed by atoms with Gasteiger partial charge in [-0.05, 0) is 72.4 Å². The number of amides is 2. The van der Waals surface area contributed by atoms with E-state index in [4.69, 9.17) is 9.41 Å². The molecule has 1 aliphatic heterocycles. The fourth-order valence-electron chi connectivity index (χ4n) is 5.11. The molecule has 0 bridgehead atoms. The van der Waals surface area contributed by atoms with Crippen molar-refractivity contribution in [1.29, 1.82) is 0 Å². The Morgan fingerprint density at radius 2 is 1.86 bits per heavy atom. The normalized spacial score (nSPS) is 16.3. The summed E-state index contributed by atoms with van der Waals surface area (Å²) in [6.45, 7) is 0. The Morgan fingerprint density at radius 1 is 1.06 bits per heavy atom. The second-order valence-electron chi connectivity index (χ2n) is 9.36. The molecule has 1 aliphatic carbocycles. The van der Waals surface area contributed by atoms with Crippen molar-refractivity contribution in [3.8, 4) is 11.3 Å². The van der Waals surface area contributed by atoms with Gasteiger partial charge in [-0.25, -0.2) is 0 Å². The molecule has 35 heavy (non-hydrogen) atoms. The van der Waals surface area contributed by atoms with E-state index >= 15 is 0 Å². The SMILES string of the molecule is CNC(=O)[C@@H](NC(=O)c1ccc(-c2ccc3c(c2)CC(Cc2ccncc2)=N3)o1)C1CCCCC1. The standard InChI is InChI=1S/C28H30N4O3/c1-29-28(34)26(19-5-3-2-4-6-19)32-27(33)25-10-9-24(35-25)20-7-8-23-21(16-20)17-22(31-23)15-18-11-13-30-14-12-18/h7-14,16,19,26H,2-6,15,17H2,1H3,(H,29,34)(H,32,33)/t26-/m0/s1. The van der Waals surface area contributed by atoms with E-state index in [-0.39, 0.29) is 23.5 Å². The Balaban J connectivity index is 1.27. The molecule has 2 aromatic heterocycles. The first-order valence-corrected chi connectivity index (χ1v) is 12.3. The number of nitrogens with zero attached hydrogens (tertiary/aromatic N) is 2. The highest BCUT2D eigenvalue weighted by molar-refractivity contribution is 5.97. The summed E-state index contributed by atoms with van der Waals surface area (Å²) in [5.74, 6) is 0.465. The number of aliphatic imine (C=N–C) groups is 1. The quantitative estimate of drug-likeness (QED) is 0.526. The summed E-state index contributed by atoms with van der Waals surface area (Å²) in [6.07, 6.45) is 10.4. The zero-order valence-electron chi connectivity index (χ0n) is 19.9. The average Bonchev–Trinajstić information content (AvgIpc) is 3.54. The molecule has 180 valence electrons. The third-order valence-corrected chi connectivity index (χ3v) is 6.96. The molecule has 0 saturated heterocycles. The van der Waals surface area contributed by atoms with Crippen LogP contribution in [0, 0.1) is 5.92 Å². The molecular formula is C28H30N4O3. The van der Waals surface area contributed by atoms with Gasteiger partial charge in [-0.2, -0.15) is 0 Å². The lowest BCUT2D eigenvalue weighted by molar-refractivity contribution is -0.124. The molecule has 5 rings (SSSR count). The largest absolute Gasteiger partial charge is 0.451 e. The van der Waals surface area contributed by atoms with Crippen LogP contribution in [0.1, 0.15) is 53.8 Å². The first-order chi connectivity index (χ1) is 17.1. The zero-order valence-corrected chi connectivity index (χ0v) is 19.9. The fraction of sp³-hybridized carbons (Fsp3) is 0.357. The Hall–Kier alpha value is -3.74. The number of hydrogen-bond acceptors (Lipinski definition) is 5. The molecule has 3 heterocycles. The minimum atomic E-state index is -0.544. The number of fused-ring (bicyclic) bond motifs is 1. The highest BCUT2D eigenvalue weighted by Crippen LogP contribution is 2.33. The summed E-state index contributed by atoms with van der Waals surface area (Å²) < 4.78 is 5.93. The number of benzene rings is 1. The van der Waals surface area contributed by atoms with Crippen LogP contribution in [-0.4, -0.2) is 35.6 Å². The van der Waals surface area contributed by atoms with Gasteiger partial charge in [-0.15, -0.1) is 0 Å². The number of rotatable bonds is 7. The van der Waals surface area contributed by atoms with Gasteiger partial charge in [0, 0.05) is 43.6 Å². The Kier molecular flexibility index (Phi) is 6.75. The van der Waals surface area contributed by atoms with Crippen molar-refractivity contribution in [2.75, 3.05) is 7.05 Å². The topological polar surface area (TPSA) is 96.6 Å². The van der Waals surface area contributed by atoms with Crippen molar-refractivity contribution in [2.24, 2.45) is 10.9 Å². The molecule has 0 radical (unpaired) electrons. The van der Waals surface area contributed by atoms with E-state index in [2.05, 4.69) is 21.7 Å². The second-order valence-corrected chi connectivity index (χ2v) is 9.36. The lowest BCUT2D eigenvalue weighted by Gasteiger charge is -2.29. The predicted octanol–water partition coefficient (Wildman–Crippen LogP) is 4.64. The van der Waals surface area contributed by atoms with E-state index < -0.39 is 6.04 Å². The minimum Gasteiger partial charge on any atom is -0.451 e. The van der Waals surface area contributed by atoms with Crippen LogP contribution in [0.4, 0.5) is 5.69 Å². The molecule has 7 heteroatoms. The number of furan rings is 1. The van der Waals surface area contributed by atoms with Gasteiger partial charge in [0.1, 0.15) is 11.8 Å². The number of likely N-dealkylation sites (N-methyl/N-ethyl adjacent to an activating group) is 1. The van der Waals surface area contributed by atoms with E-state index in [9.17, 15) is 9.59 Å². The van der Waals surface area contributed by atoms with Crippen molar-refractivity contribution >= 4 is 23.2 Å². The number of carbonyl (C=O) groups is 2. The molecule has 0 unspecified atom stereocenters. The van der Waals surface area contributed by atoms with Crippen molar-refractivity contribution in [1.82, 2.24) is 15.6 Å². The highest BCUT2D eigenvalue weighted by atomic mass is 16.4. The lowest BCUT2D eigenvalue weighted by Crippen LogP contribution is -2.50. The Bertz CT molecular complexity index is 1240. The minimum absolute atomic E-state index is 0.153. The molecule has 3 aromatic rings. The van der Waals surface area contributed by atoms with Crippen molar-refractivity contribution in [3.05, 3.63) is 71.7 Å². The van der Waals surface area contributed by atoms with Gasteiger partial charge in [-0.1, -0.05) is 19.3 Å². The van der Waals surface area contributed by atoms with Gasteiger partial charge >= 0.3 is 0 Å². The monoisotopic (exact) mass is 470 g/mol. The second kappa shape index (κ2) is 10.3. The number of aromatic nitrogens is 1. The highest BCUT2D eigenvalue weighted by Gasteiger charge is 2.31. The third kappa shape index (κ3) is 5.19. The fourth-order valence-corrected chi connectivity index (χ4v) is 5.11. The summed E-state index contributed by atoms with van der Waals surface area (Å²) >= 11 is 0. The maximum atomic E-state index is 13.0. The Morgan fingerprint density at radius 3 is 2.63 bits per heavy atom. The third-order valence-electron chi connectivity index (χ3n) is 6.96. The predicted molar refractivity (Wildman–Crippen MR) is 135 cm³/mol. The lowest BCUT2D eigenvalue weighted by atomic mass is 9.83. The summed E-state index contributed by atoms with van der Waals surface area (Å²) in [5, 5.41) is 5.62. The average molecular weight is 471 g/mol. The maximum Gasteiger partial charge on any atom is 0.287 e. The van der Waals surface area contributed by atoms with Gasteiger partial charge in [0.2, 0.25) is 5.91 Å².